The van der Waals surface area contributed by atoms with Crippen molar-refractivity contribution in [3.8, 4) is 0 Å². The lowest BCUT2D eigenvalue weighted by molar-refractivity contribution is -0.272. The largest absolute Gasteiger partial charge is 0.417 e. The number of unbranched alkanes of at least 4 members (excludes halogenated alkanes) is 2. The highest BCUT2D eigenvalue weighted by Gasteiger charge is 2.54. The molecule has 0 atom stereocenters. The summed E-state index contributed by atoms with van der Waals surface area (Å²) in [5.74, 6) is -0.104. The lowest BCUT2D eigenvalue weighted by Crippen LogP contribution is -2.54. The molecule has 1 rings (SSSR count). The van der Waals surface area contributed by atoms with E-state index in [-0.39, 0.29) is 19.0 Å². The summed E-state index contributed by atoms with van der Waals surface area (Å²) in [5, 5.41) is 9.46. The van der Waals surface area contributed by atoms with Gasteiger partial charge in [0.15, 0.2) is 5.60 Å². The third-order valence-corrected chi connectivity index (χ3v) is 3.47. The molecular weight excluding hydrogens is 247 g/mol. The van der Waals surface area contributed by atoms with Crippen LogP contribution in [0.4, 0.5) is 13.2 Å². The Bertz CT molecular complexity index is 284. The molecule has 0 spiro atoms. The number of hydrogen-bond acceptors (Lipinski definition) is 2. The van der Waals surface area contributed by atoms with Crippen LogP contribution in [-0.4, -0.2) is 40.8 Å². The van der Waals surface area contributed by atoms with Crippen molar-refractivity contribution in [3.63, 3.8) is 0 Å². The second-order valence-electron chi connectivity index (χ2n) is 4.87. The molecule has 0 aromatic heterocycles. The molecule has 0 unspecified atom stereocenters. The van der Waals surface area contributed by atoms with Crippen LogP contribution in [0.1, 0.15) is 45.4 Å². The number of rotatable bonds is 4. The molecule has 1 N–H and O–H groups in total. The quantitative estimate of drug-likeness (QED) is 0.795. The number of aliphatic hydroxyl groups is 1. The Morgan fingerprint density at radius 3 is 2.28 bits per heavy atom. The van der Waals surface area contributed by atoms with Crippen molar-refractivity contribution >= 4 is 5.91 Å². The lowest BCUT2D eigenvalue weighted by Gasteiger charge is -2.39. The molecule has 0 aromatic carbocycles. The number of alkyl halides is 3. The van der Waals surface area contributed by atoms with E-state index in [0.29, 0.717) is 6.42 Å². The number of likely N-dealkylation sites (tertiary alicyclic amines) is 1. The molecule has 0 saturated carbocycles. The van der Waals surface area contributed by atoms with Crippen molar-refractivity contribution in [2.45, 2.75) is 57.2 Å². The lowest BCUT2D eigenvalue weighted by atomic mass is 9.90. The fourth-order valence-electron chi connectivity index (χ4n) is 2.09. The van der Waals surface area contributed by atoms with Gasteiger partial charge in [-0.2, -0.15) is 13.2 Å². The summed E-state index contributed by atoms with van der Waals surface area (Å²) < 4.78 is 37.6. The van der Waals surface area contributed by atoms with Gasteiger partial charge in [-0.1, -0.05) is 19.8 Å². The van der Waals surface area contributed by atoms with Crippen LogP contribution in [0.5, 0.6) is 0 Å². The van der Waals surface area contributed by atoms with Crippen molar-refractivity contribution in [1.29, 1.82) is 0 Å². The molecule has 1 aliphatic heterocycles. The van der Waals surface area contributed by atoms with Crippen LogP contribution in [0.2, 0.25) is 0 Å². The first kappa shape index (κ1) is 15.3. The fraction of sp³-hybridized carbons (Fsp3) is 0.917. The van der Waals surface area contributed by atoms with Gasteiger partial charge in [-0.15, -0.1) is 0 Å². The molecule has 1 fully saturated rings. The monoisotopic (exact) mass is 267 g/mol. The summed E-state index contributed by atoms with van der Waals surface area (Å²) in [5.41, 5.74) is -2.62. The van der Waals surface area contributed by atoms with Crippen LogP contribution < -0.4 is 0 Å². The smallest absolute Gasteiger partial charge is 0.380 e. The highest BCUT2D eigenvalue weighted by atomic mass is 19.4. The van der Waals surface area contributed by atoms with Gasteiger partial charge < -0.3 is 10.0 Å². The number of hydrogen-bond donors (Lipinski definition) is 1. The standard InChI is InChI=1S/C12H20F3NO2/c1-2-3-4-5-10(17)16-8-6-11(18,7-9-16)12(13,14)15/h18H,2-9H2,1H3. The topological polar surface area (TPSA) is 40.5 Å². The first-order valence-electron chi connectivity index (χ1n) is 6.37. The number of halogens is 3. The first-order valence-corrected chi connectivity index (χ1v) is 6.37. The molecule has 1 amide bonds. The predicted octanol–water partition coefficient (Wildman–Crippen LogP) is 2.48. The van der Waals surface area contributed by atoms with Crippen molar-refractivity contribution in [2.24, 2.45) is 0 Å². The van der Waals surface area contributed by atoms with Gasteiger partial charge in [-0.25, -0.2) is 0 Å². The van der Waals surface area contributed by atoms with E-state index >= 15 is 0 Å². The minimum Gasteiger partial charge on any atom is -0.380 e. The van der Waals surface area contributed by atoms with Crippen molar-refractivity contribution < 1.29 is 23.1 Å². The molecule has 1 saturated heterocycles. The fourth-order valence-corrected chi connectivity index (χ4v) is 2.09. The van der Waals surface area contributed by atoms with Gasteiger partial charge in [0.05, 0.1) is 0 Å². The molecule has 1 heterocycles. The Kier molecular flexibility index (Phi) is 5.01. The molecule has 0 radical (unpaired) electrons. The molecule has 106 valence electrons. The Morgan fingerprint density at radius 1 is 1.28 bits per heavy atom. The van der Waals surface area contributed by atoms with Crippen LogP contribution in [0, 0.1) is 0 Å². The maximum Gasteiger partial charge on any atom is 0.417 e. The van der Waals surface area contributed by atoms with Gasteiger partial charge in [0.25, 0.3) is 0 Å². The Balaban J connectivity index is 2.42. The summed E-state index contributed by atoms with van der Waals surface area (Å²) in [4.78, 5) is 13.1. The minimum atomic E-state index is -4.61. The van der Waals surface area contributed by atoms with E-state index in [1.54, 1.807) is 0 Å². The first-order chi connectivity index (χ1) is 8.30. The summed E-state index contributed by atoms with van der Waals surface area (Å²) >= 11 is 0. The number of amides is 1. The van der Waals surface area contributed by atoms with E-state index in [1.807, 2.05) is 6.92 Å². The number of carbonyl (C=O) groups excluding carboxylic acids is 1. The van der Waals surface area contributed by atoms with Crippen molar-refractivity contribution in [1.82, 2.24) is 4.90 Å². The SMILES string of the molecule is CCCCCC(=O)N1CCC(O)(C(F)(F)F)CC1. The third-order valence-electron chi connectivity index (χ3n) is 3.47. The summed E-state index contributed by atoms with van der Waals surface area (Å²) in [6.45, 7) is 2.00. The van der Waals surface area contributed by atoms with Crippen molar-refractivity contribution in [3.05, 3.63) is 0 Å². The average molecular weight is 267 g/mol. The average Bonchev–Trinajstić information content (AvgIpc) is 2.28. The molecule has 0 aromatic rings. The van der Waals surface area contributed by atoms with Gasteiger partial charge in [0, 0.05) is 32.4 Å². The summed E-state index contributed by atoms with van der Waals surface area (Å²) in [7, 11) is 0. The van der Waals surface area contributed by atoms with Crippen molar-refractivity contribution in [2.75, 3.05) is 13.1 Å². The van der Waals surface area contributed by atoms with E-state index < -0.39 is 24.6 Å². The zero-order valence-electron chi connectivity index (χ0n) is 10.6. The van der Waals surface area contributed by atoms with E-state index in [0.717, 1.165) is 19.3 Å². The molecule has 1 aliphatic rings. The molecule has 0 bridgehead atoms. The molecule has 18 heavy (non-hydrogen) atoms. The van der Waals surface area contributed by atoms with E-state index in [2.05, 4.69) is 0 Å². The molecule has 0 aliphatic carbocycles. The van der Waals surface area contributed by atoms with Crippen LogP contribution in [0.3, 0.4) is 0 Å². The normalized spacial score (nSPS) is 19.9. The Labute approximate surface area is 105 Å². The highest BCUT2D eigenvalue weighted by Crippen LogP contribution is 2.38. The zero-order valence-corrected chi connectivity index (χ0v) is 10.6. The van der Waals surface area contributed by atoms with Crippen LogP contribution in [-0.2, 0) is 4.79 Å². The van der Waals surface area contributed by atoms with Gasteiger partial charge >= 0.3 is 6.18 Å². The zero-order chi connectivity index (χ0) is 13.8. The van der Waals surface area contributed by atoms with E-state index in [9.17, 15) is 23.1 Å². The number of carbonyl (C=O) groups is 1. The van der Waals surface area contributed by atoms with E-state index in [4.69, 9.17) is 0 Å². The van der Waals surface area contributed by atoms with E-state index in [1.165, 1.54) is 4.90 Å². The van der Waals surface area contributed by atoms with Crippen LogP contribution >= 0.6 is 0 Å². The molecule has 6 heteroatoms. The molecular formula is C12H20F3NO2. The highest BCUT2D eigenvalue weighted by molar-refractivity contribution is 5.76. The van der Waals surface area contributed by atoms with Gasteiger partial charge in [-0.3, -0.25) is 4.79 Å². The van der Waals surface area contributed by atoms with Crippen LogP contribution in [0.15, 0.2) is 0 Å². The second-order valence-corrected chi connectivity index (χ2v) is 4.87. The minimum absolute atomic E-state index is 0.0129. The van der Waals surface area contributed by atoms with Crippen LogP contribution in [0.25, 0.3) is 0 Å². The maximum absolute atomic E-state index is 12.5. The number of nitrogens with zero attached hydrogens (tertiary/aromatic N) is 1. The second kappa shape index (κ2) is 5.91. The van der Waals surface area contributed by atoms with Gasteiger partial charge in [0.2, 0.25) is 5.91 Å². The third kappa shape index (κ3) is 3.60. The summed E-state index contributed by atoms with van der Waals surface area (Å²) in [6.07, 6.45) is -2.34. The Morgan fingerprint density at radius 2 is 1.83 bits per heavy atom. The van der Waals surface area contributed by atoms with Gasteiger partial charge in [0.1, 0.15) is 0 Å². The molecule has 3 nitrogen and oxygen atoms in total. The summed E-state index contributed by atoms with van der Waals surface area (Å²) in [6, 6.07) is 0. The predicted molar refractivity (Wildman–Crippen MR) is 61.0 cm³/mol. The Hall–Kier alpha value is -0.780. The number of piperidine rings is 1. The maximum atomic E-state index is 12.5. The van der Waals surface area contributed by atoms with Gasteiger partial charge in [-0.05, 0) is 6.42 Å².